The number of fused-ring (bicyclic) bond motifs is 1. The number of rotatable bonds is 3. The Kier molecular flexibility index (Phi) is 10.3. The van der Waals surface area contributed by atoms with Crippen LogP contribution < -0.4 is 10.9 Å². The molecule has 1 aliphatic heterocycles. The van der Waals surface area contributed by atoms with Gasteiger partial charge < -0.3 is 4.74 Å². The van der Waals surface area contributed by atoms with Gasteiger partial charge >= 0.3 is 0 Å². The molecule has 1 aromatic carbocycles. The zero-order chi connectivity index (χ0) is 11.5. The number of halogens is 3. The van der Waals surface area contributed by atoms with E-state index in [-0.39, 0.29) is 43.1 Å². The van der Waals surface area contributed by atoms with Crippen molar-refractivity contribution in [3.8, 4) is 0 Å². The van der Waals surface area contributed by atoms with Gasteiger partial charge in [0, 0.05) is 13.0 Å². The average molecular weight is 330 g/mol. The molecule has 0 fully saturated rings. The maximum Gasteiger partial charge on any atom is 0.270 e. The summed E-state index contributed by atoms with van der Waals surface area (Å²) < 4.78 is 5.50. The van der Waals surface area contributed by atoms with Gasteiger partial charge in [0.25, 0.3) is 5.91 Å². The number of hydrogen-bond donors (Lipinski definition) is 1. The van der Waals surface area contributed by atoms with Crippen LogP contribution in [0.2, 0.25) is 0 Å². The molecule has 0 saturated heterocycles. The molecule has 4 nitrogen and oxygen atoms in total. The van der Waals surface area contributed by atoms with Crippen molar-refractivity contribution >= 4 is 48.8 Å². The number of para-hydroxylation sites is 1. The second-order valence-corrected chi connectivity index (χ2v) is 3.90. The third-order valence-electron chi connectivity index (χ3n) is 2.69. The van der Waals surface area contributed by atoms with Crippen LogP contribution in [0, 0.1) is 0 Å². The second-order valence-electron chi connectivity index (χ2n) is 3.90. The Bertz CT molecular complexity index is 404. The molecule has 2 N–H and O–H groups in total. The fraction of sp³-hybridized carbons (Fsp3) is 0.417. The SMILES string of the molecule is CCCOC1Cc2ccccc2N(N)C1=O.Cl.Cl.Cl. The zero-order valence-corrected chi connectivity index (χ0v) is 13.0. The van der Waals surface area contributed by atoms with Crippen molar-refractivity contribution in [3.63, 3.8) is 0 Å². The van der Waals surface area contributed by atoms with E-state index in [1.165, 1.54) is 5.01 Å². The fourth-order valence-electron chi connectivity index (χ4n) is 1.87. The molecule has 19 heavy (non-hydrogen) atoms. The van der Waals surface area contributed by atoms with Crippen molar-refractivity contribution < 1.29 is 9.53 Å². The highest BCUT2D eigenvalue weighted by molar-refractivity contribution is 5.98. The highest BCUT2D eigenvalue weighted by Crippen LogP contribution is 2.26. The maximum atomic E-state index is 11.9. The van der Waals surface area contributed by atoms with E-state index in [9.17, 15) is 4.79 Å². The van der Waals surface area contributed by atoms with Gasteiger partial charge in [0.1, 0.15) is 6.10 Å². The average Bonchev–Trinajstić information content (AvgIpc) is 2.32. The first kappa shape index (κ1) is 20.8. The molecule has 1 unspecified atom stereocenters. The van der Waals surface area contributed by atoms with E-state index in [0.29, 0.717) is 13.0 Å². The topological polar surface area (TPSA) is 55.6 Å². The predicted molar refractivity (Wildman–Crippen MR) is 83.6 cm³/mol. The summed E-state index contributed by atoms with van der Waals surface area (Å²) in [4.78, 5) is 11.9. The lowest BCUT2D eigenvalue weighted by molar-refractivity contribution is -0.130. The van der Waals surface area contributed by atoms with Crippen LogP contribution in [0.1, 0.15) is 18.9 Å². The van der Waals surface area contributed by atoms with Crippen LogP contribution in [0.5, 0.6) is 0 Å². The van der Waals surface area contributed by atoms with Crippen molar-refractivity contribution in [2.45, 2.75) is 25.9 Å². The summed E-state index contributed by atoms with van der Waals surface area (Å²) in [7, 11) is 0. The first-order valence-electron chi connectivity index (χ1n) is 5.52. The van der Waals surface area contributed by atoms with Crippen molar-refractivity contribution in [1.29, 1.82) is 0 Å². The van der Waals surface area contributed by atoms with Gasteiger partial charge in [-0.15, -0.1) is 37.2 Å². The molecule has 1 aliphatic rings. The minimum atomic E-state index is -0.431. The monoisotopic (exact) mass is 328 g/mol. The zero-order valence-electron chi connectivity index (χ0n) is 10.6. The third-order valence-corrected chi connectivity index (χ3v) is 2.69. The molecular formula is C12H19Cl3N2O2. The number of nitrogens with two attached hydrogens (primary N) is 1. The number of hydrazine groups is 1. The van der Waals surface area contributed by atoms with Gasteiger partial charge in [-0.05, 0) is 18.1 Å². The van der Waals surface area contributed by atoms with Gasteiger partial charge in [0.05, 0.1) is 5.69 Å². The quantitative estimate of drug-likeness (QED) is 0.685. The van der Waals surface area contributed by atoms with Crippen LogP contribution in [0.15, 0.2) is 24.3 Å². The van der Waals surface area contributed by atoms with Crippen molar-refractivity contribution in [2.24, 2.45) is 5.84 Å². The fourth-order valence-corrected chi connectivity index (χ4v) is 1.87. The summed E-state index contributed by atoms with van der Waals surface area (Å²) in [5.74, 6) is 5.60. The Morgan fingerprint density at radius 1 is 1.32 bits per heavy atom. The van der Waals surface area contributed by atoms with E-state index < -0.39 is 6.10 Å². The first-order chi connectivity index (χ1) is 7.74. The number of hydrogen-bond acceptors (Lipinski definition) is 3. The van der Waals surface area contributed by atoms with E-state index >= 15 is 0 Å². The number of carbonyl (C=O) groups is 1. The Hall–Kier alpha value is -0.520. The predicted octanol–water partition coefficient (Wildman–Crippen LogP) is 2.51. The van der Waals surface area contributed by atoms with E-state index in [2.05, 4.69) is 0 Å². The molecule has 0 saturated carbocycles. The summed E-state index contributed by atoms with van der Waals surface area (Å²) in [6.45, 7) is 2.61. The van der Waals surface area contributed by atoms with E-state index in [4.69, 9.17) is 10.6 Å². The molecule has 0 spiro atoms. The van der Waals surface area contributed by atoms with Gasteiger partial charge in [-0.3, -0.25) is 4.79 Å². The minimum Gasteiger partial charge on any atom is -0.368 e. The van der Waals surface area contributed by atoms with Crippen molar-refractivity contribution in [1.82, 2.24) is 0 Å². The number of anilines is 1. The van der Waals surface area contributed by atoms with E-state index in [1.807, 2.05) is 31.2 Å². The van der Waals surface area contributed by atoms with Crippen LogP contribution in [0.4, 0.5) is 5.69 Å². The van der Waals surface area contributed by atoms with Crippen LogP contribution >= 0.6 is 37.2 Å². The summed E-state index contributed by atoms with van der Waals surface area (Å²) in [5.41, 5.74) is 1.84. The Morgan fingerprint density at radius 3 is 2.58 bits per heavy atom. The summed E-state index contributed by atoms with van der Waals surface area (Å²) in [6.07, 6.45) is 1.08. The molecule has 7 heteroatoms. The van der Waals surface area contributed by atoms with Crippen LogP contribution in [0.25, 0.3) is 0 Å². The number of ether oxygens (including phenoxy) is 1. The maximum absolute atomic E-state index is 11.9. The molecule has 0 bridgehead atoms. The standard InChI is InChI=1S/C12H16N2O2.3ClH/c1-2-7-16-11-8-9-5-3-4-6-10(9)14(13)12(11)15;;;/h3-6,11H,2,7-8,13H2,1H3;3*1H. The first-order valence-corrected chi connectivity index (χ1v) is 5.52. The smallest absolute Gasteiger partial charge is 0.270 e. The lowest BCUT2D eigenvalue weighted by Crippen LogP contribution is -2.49. The Balaban J connectivity index is 0. The van der Waals surface area contributed by atoms with Crippen molar-refractivity contribution in [2.75, 3.05) is 11.6 Å². The third kappa shape index (κ3) is 4.51. The van der Waals surface area contributed by atoms with Crippen LogP contribution in [0.3, 0.4) is 0 Å². The molecule has 1 atom stereocenters. The minimum absolute atomic E-state index is 0. The van der Waals surface area contributed by atoms with Crippen molar-refractivity contribution in [3.05, 3.63) is 29.8 Å². The van der Waals surface area contributed by atoms with E-state index in [0.717, 1.165) is 17.7 Å². The highest BCUT2D eigenvalue weighted by atomic mass is 35.5. The summed E-state index contributed by atoms with van der Waals surface area (Å²) >= 11 is 0. The second kappa shape index (κ2) is 9.39. The molecule has 1 heterocycles. The van der Waals surface area contributed by atoms with Gasteiger partial charge in [-0.25, -0.2) is 10.9 Å². The molecule has 1 aromatic rings. The number of benzene rings is 1. The number of carbonyl (C=O) groups excluding carboxylic acids is 1. The molecule has 0 aromatic heterocycles. The Labute approximate surface area is 131 Å². The van der Waals surface area contributed by atoms with Gasteiger partial charge in [-0.1, -0.05) is 25.1 Å². The normalized spacial score (nSPS) is 16.6. The number of amides is 1. The molecule has 110 valence electrons. The number of nitrogens with zero attached hydrogens (tertiary/aromatic N) is 1. The van der Waals surface area contributed by atoms with Crippen LogP contribution in [-0.2, 0) is 16.0 Å². The van der Waals surface area contributed by atoms with E-state index in [1.54, 1.807) is 0 Å². The highest BCUT2D eigenvalue weighted by Gasteiger charge is 2.31. The van der Waals surface area contributed by atoms with Gasteiger partial charge in [-0.2, -0.15) is 0 Å². The molecular weight excluding hydrogens is 311 g/mol. The lowest BCUT2D eigenvalue weighted by atomic mass is 10.0. The lowest BCUT2D eigenvalue weighted by Gasteiger charge is -2.30. The molecule has 0 aliphatic carbocycles. The summed E-state index contributed by atoms with van der Waals surface area (Å²) in [5, 5.41) is 1.19. The molecule has 1 amide bonds. The van der Waals surface area contributed by atoms with Crippen LogP contribution in [-0.4, -0.2) is 18.6 Å². The Morgan fingerprint density at radius 2 is 1.95 bits per heavy atom. The van der Waals surface area contributed by atoms with Gasteiger partial charge in [0.2, 0.25) is 0 Å². The molecule has 2 rings (SSSR count). The summed E-state index contributed by atoms with van der Waals surface area (Å²) in [6, 6.07) is 7.64. The largest absolute Gasteiger partial charge is 0.368 e. The molecule has 0 radical (unpaired) electrons. The van der Waals surface area contributed by atoms with Gasteiger partial charge in [0.15, 0.2) is 0 Å².